The largest absolute Gasteiger partial charge is 0.209 e. The van der Waals surface area contributed by atoms with Crippen molar-refractivity contribution in [3.63, 3.8) is 0 Å². The third-order valence-electron chi connectivity index (χ3n) is 3.89. The quantitative estimate of drug-likeness (QED) is 0.445. The molecule has 0 fully saturated rings. The molecule has 0 saturated carbocycles. The highest BCUT2D eigenvalue weighted by molar-refractivity contribution is 5.49. The molecule has 1 unspecified atom stereocenters. The highest BCUT2D eigenvalue weighted by Crippen LogP contribution is 2.08. The summed E-state index contributed by atoms with van der Waals surface area (Å²) < 4.78 is 0. The first-order valence-corrected chi connectivity index (χ1v) is 9.46. The molecule has 24 heavy (non-hydrogen) atoms. The van der Waals surface area contributed by atoms with Gasteiger partial charge in [-0.25, -0.2) is 15.0 Å². The summed E-state index contributed by atoms with van der Waals surface area (Å²) in [5.74, 6) is 2.78. The van der Waals surface area contributed by atoms with E-state index < -0.39 is 0 Å². The van der Waals surface area contributed by atoms with Gasteiger partial charge in [0.25, 0.3) is 0 Å². The molecule has 3 nitrogen and oxygen atoms in total. The van der Waals surface area contributed by atoms with Crippen molar-refractivity contribution in [3.05, 3.63) is 35.7 Å². The van der Waals surface area contributed by atoms with Crippen molar-refractivity contribution in [2.75, 3.05) is 0 Å². The van der Waals surface area contributed by atoms with Crippen LogP contribution in [0, 0.1) is 5.92 Å². The number of nitrogens with zero attached hydrogens (tertiary/aromatic N) is 3. The summed E-state index contributed by atoms with van der Waals surface area (Å²) in [5.41, 5.74) is 0. The molecule has 1 aromatic heterocycles. The maximum Gasteiger partial charge on any atom is 0.156 e. The zero-order valence-electron chi connectivity index (χ0n) is 15.8. The van der Waals surface area contributed by atoms with Crippen LogP contribution in [0.25, 0.3) is 18.2 Å². The van der Waals surface area contributed by atoms with E-state index in [0.717, 1.165) is 36.7 Å². The average Bonchev–Trinajstić information content (AvgIpc) is 2.60. The molecule has 0 bridgehead atoms. The molecule has 1 heterocycles. The smallest absolute Gasteiger partial charge is 0.156 e. The predicted octanol–water partition coefficient (Wildman–Crippen LogP) is 6.34. The van der Waals surface area contributed by atoms with Crippen molar-refractivity contribution in [1.29, 1.82) is 0 Å². The van der Waals surface area contributed by atoms with E-state index >= 15 is 0 Å². The van der Waals surface area contributed by atoms with Crippen LogP contribution in [-0.2, 0) is 0 Å². The Bertz CT molecular complexity index is 508. The molecule has 0 aliphatic heterocycles. The Morgan fingerprint density at radius 1 is 0.750 bits per heavy atom. The predicted molar refractivity (Wildman–Crippen MR) is 105 cm³/mol. The van der Waals surface area contributed by atoms with Gasteiger partial charge in [0, 0.05) is 0 Å². The number of rotatable bonds is 11. The van der Waals surface area contributed by atoms with E-state index in [1.165, 1.54) is 25.7 Å². The molecule has 0 spiro atoms. The third-order valence-corrected chi connectivity index (χ3v) is 3.89. The molecule has 1 atom stereocenters. The lowest BCUT2D eigenvalue weighted by molar-refractivity contribution is 0.701. The van der Waals surface area contributed by atoms with Gasteiger partial charge in [0.1, 0.15) is 0 Å². The molecule has 3 heteroatoms. The van der Waals surface area contributed by atoms with E-state index in [2.05, 4.69) is 60.9 Å². The van der Waals surface area contributed by atoms with Crippen LogP contribution in [0.4, 0.5) is 0 Å². The fourth-order valence-electron chi connectivity index (χ4n) is 2.06. The van der Waals surface area contributed by atoms with Gasteiger partial charge >= 0.3 is 0 Å². The standard InChI is InChI=1S/C21H33N3/c1-5-8-10-12-14-19-22-20(15-13-11-9-6-2)24-21(23-19)17-16-18(4)7-3/h12-18H,5-11H2,1-4H3. The van der Waals surface area contributed by atoms with Crippen LogP contribution >= 0.6 is 0 Å². The molecular formula is C21H33N3. The van der Waals surface area contributed by atoms with Crippen molar-refractivity contribution in [1.82, 2.24) is 15.0 Å². The Morgan fingerprint density at radius 3 is 1.62 bits per heavy atom. The summed E-state index contributed by atoms with van der Waals surface area (Å²) in [7, 11) is 0. The van der Waals surface area contributed by atoms with E-state index in [-0.39, 0.29) is 0 Å². The summed E-state index contributed by atoms with van der Waals surface area (Å²) in [6.45, 7) is 8.79. The van der Waals surface area contributed by atoms with Crippen LogP contribution in [0.1, 0.15) is 90.1 Å². The van der Waals surface area contributed by atoms with Gasteiger partial charge in [-0.2, -0.15) is 0 Å². The Kier molecular flexibility index (Phi) is 10.7. The van der Waals surface area contributed by atoms with E-state index in [9.17, 15) is 0 Å². The molecule has 0 saturated heterocycles. The molecule has 1 rings (SSSR count). The first-order chi connectivity index (χ1) is 11.7. The second-order valence-corrected chi connectivity index (χ2v) is 6.24. The Balaban J connectivity index is 2.93. The van der Waals surface area contributed by atoms with Gasteiger partial charge in [-0.1, -0.05) is 78.0 Å². The number of allylic oxidation sites excluding steroid dienone is 3. The van der Waals surface area contributed by atoms with Gasteiger partial charge < -0.3 is 0 Å². The number of hydrogen-bond donors (Lipinski definition) is 0. The maximum absolute atomic E-state index is 4.55. The molecule has 0 N–H and O–H groups in total. The lowest BCUT2D eigenvalue weighted by Gasteiger charge is -2.02. The van der Waals surface area contributed by atoms with E-state index in [4.69, 9.17) is 0 Å². The first kappa shape index (κ1) is 20.3. The molecular weight excluding hydrogens is 294 g/mol. The second kappa shape index (κ2) is 12.6. The number of unbranched alkanes of at least 4 members (excludes halogenated alkanes) is 4. The third kappa shape index (κ3) is 8.76. The normalized spacial score (nSPS) is 13.5. The van der Waals surface area contributed by atoms with E-state index in [0.29, 0.717) is 5.92 Å². The minimum absolute atomic E-state index is 0.536. The summed E-state index contributed by atoms with van der Waals surface area (Å²) in [5, 5.41) is 0. The Hall–Kier alpha value is -1.77. The van der Waals surface area contributed by atoms with Crippen molar-refractivity contribution < 1.29 is 0 Å². The molecule has 0 radical (unpaired) electrons. The summed E-state index contributed by atoms with van der Waals surface area (Å²) in [4.78, 5) is 13.7. The van der Waals surface area contributed by atoms with Crippen molar-refractivity contribution in [2.24, 2.45) is 5.92 Å². The molecule has 0 aliphatic rings. The van der Waals surface area contributed by atoms with Crippen LogP contribution in [0.3, 0.4) is 0 Å². The second-order valence-electron chi connectivity index (χ2n) is 6.24. The monoisotopic (exact) mass is 327 g/mol. The van der Waals surface area contributed by atoms with E-state index in [1.807, 2.05) is 18.2 Å². The van der Waals surface area contributed by atoms with Crippen LogP contribution in [0.15, 0.2) is 18.2 Å². The molecule has 0 amide bonds. The Labute approximate surface area is 148 Å². The molecule has 0 aliphatic carbocycles. The Morgan fingerprint density at radius 2 is 1.21 bits per heavy atom. The van der Waals surface area contributed by atoms with Crippen LogP contribution in [0.2, 0.25) is 0 Å². The summed E-state index contributed by atoms with van der Waals surface area (Å²) in [6, 6.07) is 0. The van der Waals surface area contributed by atoms with Gasteiger partial charge in [-0.15, -0.1) is 0 Å². The summed E-state index contributed by atoms with van der Waals surface area (Å²) in [6.07, 6.45) is 20.6. The highest BCUT2D eigenvalue weighted by atomic mass is 15.0. The fourth-order valence-corrected chi connectivity index (χ4v) is 2.06. The number of hydrogen-bond acceptors (Lipinski definition) is 3. The fraction of sp³-hybridized carbons (Fsp3) is 0.571. The van der Waals surface area contributed by atoms with Crippen LogP contribution < -0.4 is 0 Å². The minimum atomic E-state index is 0.536. The van der Waals surface area contributed by atoms with Gasteiger partial charge in [0.05, 0.1) is 0 Å². The minimum Gasteiger partial charge on any atom is -0.209 e. The van der Waals surface area contributed by atoms with Gasteiger partial charge in [-0.3, -0.25) is 0 Å². The van der Waals surface area contributed by atoms with Gasteiger partial charge in [0.15, 0.2) is 17.5 Å². The van der Waals surface area contributed by atoms with Crippen molar-refractivity contribution in [3.8, 4) is 0 Å². The maximum atomic E-state index is 4.55. The SMILES string of the molecule is CCCCC=Cc1nc(C=CCCCC)nc(C=CC(C)CC)n1. The number of aromatic nitrogens is 3. The highest BCUT2D eigenvalue weighted by Gasteiger charge is 2.01. The molecule has 0 aromatic carbocycles. The lowest BCUT2D eigenvalue weighted by atomic mass is 10.1. The van der Waals surface area contributed by atoms with E-state index in [1.54, 1.807) is 0 Å². The van der Waals surface area contributed by atoms with Gasteiger partial charge in [-0.05, 0) is 37.0 Å². The zero-order chi connectivity index (χ0) is 17.6. The van der Waals surface area contributed by atoms with Gasteiger partial charge in [0.2, 0.25) is 0 Å². The average molecular weight is 328 g/mol. The van der Waals surface area contributed by atoms with Crippen LogP contribution in [0.5, 0.6) is 0 Å². The van der Waals surface area contributed by atoms with Crippen molar-refractivity contribution >= 4 is 18.2 Å². The zero-order valence-corrected chi connectivity index (χ0v) is 15.8. The summed E-state index contributed by atoms with van der Waals surface area (Å²) >= 11 is 0. The molecule has 132 valence electrons. The first-order valence-electron chi connectivity index (χ1n) is 9.46. The lowest BCUT2D eigenvalue weighted by Crippen LogP contribution is -1.99. The van der Waals surface area contributed by atoms with Crippen LogP contribution in [-0.4, -0.2) is 15.0 Å². The van der Waals surface area contributed by atoms with Crippen molar-refractivity contribution in [2.45, 2.75) is 72.6 Å². The molecule has 1 aromatic rings. The topological polar surface area (TPSA) is 38.7 Å².